The summed E-state index contributed by atoms with van der Waals surface area (Å²) in [5.74, 6) is 0.131. The lowest BCUT2D eigenvalue weighted by Crippen LogP contribution is -2.46. The monoisotopic (exact) mass is 294 g/mol. The van der Waals surface area contributed by atoms with Gasteiger partial charge in [0.1, 0.15) is 5.82 Å². The van der Waals surface area contributed by atoms with Gasteiger partial charge < -0.3 is 19.9 Å². The van der Waals surface area contributed by atoms with E-state index in [-0.39, 0.29) is 25.0 Å². The van der Waals surface area contributed by atoms with E-state index in [4.69, 9.17) is 5.11 Å². The molecule has 0 bridgehead atoms. The number of rotatable bonds is 5. The highest BCUT2D eigenvalue weighted by atomic mass is 16.4. The lowest BCUT2D eigenvalue weighted by molar-refractivity contribution is -0.136. The molecule has 2 N–H and O–H groups in total. The van der Waals surface area contributed by atoms with Gasteiger partial charge >= 0.3 is 12.0 Å². The minimum absolute atomic E-state index is 0.0511. The fourth-order valence-corrected chi connectivity index (χ4v) is 2.70. The zero-order chi connectivity index (χ0) is 15.2. The molecule has 1 aromatic rings. The van der Waals surface area contributed by atoms with E-state index in [0.29, 0.717) is 13.1 Å². The Hall–Kier alpha value is -2.05. The first-order chi connectivity index (χ1) is 10.1. The summed E-state index contributed by atoms with van der Waals surface area (Å²) in [7, 11) is 0. The van der Waals surface area contributed by atoms with Crippen LogP contribution in [0.15, 0.2) is 12.4 Å². The Morgan fingerprint density at radius 3 is 3.05 bits per heavy atom. The number of hydrogen-bond acceptors (Lipinski definition) is 3. The number of urea groups is 1. The number of carboxylic acid groups (broad SMARTS) is 1. The highest BCUT2D eigenvalue weighted by Gasteiger charge is 2.25. The number of carbonyl (C=O) groups excluding carboxylic acids is 1. The first-order valence-electron chi connectivity index (χ1n) is 7.38. The molecule has 2 rings (SSSR count). The first-order valence-corrected chi connectivity index (χ1v) is 7.38. The Morgan fingerprint density at radius 1 is 1.52 bits per heavy atom. The number of aliphatic carboxylic acids is 1. The van der Waals surface area contributed by atoms with Gasteiger partial charge in [-0.1, -0.05) is 6.92 Å². The number of aromatic nitrogens is 2. The van der Waals surface area contributed by atoms with Crippen molar-refractivity contribution in [2.45, 2.75) is 38.6 Å². The highest BCUT2D eigenvalue weighted by molar-refractivity contribution is 5.75. The molecule has 0 saturated carbocycles. The van der Waals surface area contributed by atoms with Crippen molar-refractivity contribution in [3.8, 4) is 0 Å². The summed E-state index contributed by atoms with van der Waals surface area (Å²) < 4.78 is 2.15. The largest absolute Gasteiger partial charge is 0.481 e. The zero-order valence-corrected chi connectivity index (χ0v) is 12.3. The van der Waals surface area contributed by atoms with Crippen molar-refractivity contribution in [3.05, 3.63) is 18.2 Å². The number of aryl methyl sites for hydroxylation is 1. The van der Waals surface area contributed by atoms with Crippen molar-refractivity contribution in [1.82, 2.24) is 19.8 Å². The van der Waals surface area contributed by atoms with E-state index in [9.17, 15) is 9.59 Å². The second-order valence-corrected chi connectivity index (χ2v) is 5.22. The molecule has 7 nitrogen and oxygen atoms in total. The third-order valence-corrected chi connectivity index (χ3v) is 3.76. The third-order valence-electron chi connectivity index (χ3n) is 3.76. The van der Waals surface area contributed by atoms with Crippen LogP contribution < -0.4 is 5.32 Å². The number of piperidine rings is 1. The van der Waals surface area contributed by atoms with Crippen LogP contribution >= 0.6 is 0 Å². The van der Waals surface area contributed by atoms with E-state index in [1.54, 1.807) is 11.1 Å². The minimum Gasteiger partial charge on any atom is -0.481 e. The summed E-state index contributed by atoms with van der Waals surface area (Å²) in [5.41, 5.74) is 0. The number of hydrogen-bond donors (Lipinski definition) is 2. The van der Waals surface area contributed by atoms with Gasteiger partial charge in [0.25, 0.3) is 0 Å². The van der Waals surface area contributed by atoms with E-state index in [0.717, 1.165) is 25.1 Å². The summed E-state index contributed by atoms with van der Waals surface area (Å²) in [6.07, 6.45) is 6.56. The Balaban J connectivity index is 1.91. The van der Waals surface area contributed by atoms with Gasteiger partial charge in [-0.2, -0.15) is 0 Å². The summed E-state index contributed by atoms with van der Waals surface area (Å²) in [4.78, 5) is 28.6. The molecule has 0 radical (unpaired) electrons. The number of carbonyl (C=O) groups is 2. The summed E-state index contributed by atoms with van der Waals surface area (Å²) in [6.45, 7) is 3.59. The number of carboxylic acids is 1. The van der Waals surface area contributed by atoms with Crippen LogP contribution in [0.5, 0.6) is 0 Å². The van der Waals surface area contributed by atoms with Crippen LogP contribution in [0, 0.1) is 0 Å². The van der Waals surface area contributed by atoms with Crippen LogP contribution in [0.2, 0.25) is 0 Å². The highest BCUT2D eigenvalue weighted by Crippen LogP contribution is 2.22. The van der Waals surface area contributed by atoms with Crippen molar-refractivity contribution in [2.75, 3.05) is 19.6 Å². The number of nitrogens with one attached hydrogen (secondary N) is 1. The molecule has 1 aliphatic rings. The van der Waals surface area contributed by atoms with Gasteiger partial charge in [-0.15, -0.1) is 0 Å². The van der Waals surface area contributed by atoms with Crippen LogP contribution in [-0.2, 0) is 11.2 Å². The van der Waals surface area contributed by atoms with Gasteiger partial charge in [0, 0.05) is 38.4 Å². The third kappa shape index (κ3) is 3.96. The minimum atomic E-state index is -0.905. The summed E-state index contributed by atoms with van der Waals surface area (Å²) in [5, 5.41) is 11.2. The predicted octanol–water partition coefficient (Wildman–Crippen LogP) is 1.27. The van der Waals surface area contributed by atoms with Gasteiger partial charge in [0.15, 0.2) is 0 Å². The van der Waals surface area contributed by atoms with Gasteiger partial charge in [-0.05, 0) is 12.8 Å². The molecule has 2 heterocycles. The molecular formula is C14H22N4O3. The van der Waals surface area contributed by atoms with Crippen LogP contribution in [0.4, 0.5) is 4.79 Å². The number of amides is 2. The average Bonchev–Trinajstić information content (AvgIpc) is 2.95. The average molecular weight is 294 g/mol. The molecule has 0 spiro atoms. The van der Waals surface area contributed by atoms with Gasteiger partial charge in [-0.3, -0.25) is 4.79 Å². The normalized spacial score (nSPS) is 18.5. The molecule has 21 heavy (non-hydrogen) atoms. The van der Waals surface area contributed by atoms with Crippen molar-refractivity contribution in [3.63, 3.8) is 0 Å². The molecule has 1 atom stereocenters. The maximum absolute atomic E-state index is 12.0. The van der Waals surface area contributed by atoms with E-state index in [2.05, 4.69) is 21.8 Å². The van der Waals surface area contributed by atoms with Crippen LogP contribution in [0.3, 0.4) is 0 Å². The van der Waals surface area contributed by atoms with E-state index >= 15 is 0 Å². The van der Waals surface area contributed by atoms with Gasteiger partial charge in [0.05, 0.1) is 12.5 Å². The quantitative estimate of drug-likeness (QED) is 0.856. The van der Waals surface area contributed by atoms with Crippen molar-refractivity contribution in [2.24, 2.45) is 0 Å². The smallest absolute Gasteiger partial charge is 0.317 e. The van der Waals surface area contributed by atoms with Crippen molar-refractivity contribution in [1.29, 1.82) is 0 Å². The van der Waals surface area contributed by atoms with Gasteiger partial charge in [-0.25, -0.2) is 9.78 Å². The lowest BCUT2D eigenvalue weighted by Gasteiger charge is -2.34. The molecule has 1 unspecified atom stereocenters. The Bertz CT molecular complexity index is 500. The molecule has 7 heteroatoms. The van der Waals surface area contributed by atoms with Crippen LogP contribution in [0.1, 0.15) is 38.1 Å². The molecule has 1 aliphatic heterocycles. The second-order valence-electron chi connectivity index (χ2n) is 5.22. The molecule has 0 aliphatic carbocycles. The summed E-state index contributed by atoms with van der Waals surface area (Å²) >= 11 is 0. The Morgan fingerprint density at radius 2 is 2.33 bits per heavy atom. The SMILES string of the molecule is CCc1nccn1C1CCCN(C(=O)NCCC(=O)O)C1. The Labute approximate surface area is 124 Å². The molecular weight excluding hydrogens is 272 g/mol. The van der Waals surface area contributed by atoms with Crippen LogP contribution in [0.25, 0.3) is 0 Å². The second kappa shape index (κ2) is 7.10. The van der Waals surface area contributed by atoms with Crippen LogP contribution in [-0.4, -0.2) is 51.2 Å². The van der Waals surface area contributed by atoms with Crippen molar-refractivity contribution >= 4 is 12.0 Å². The molecule has 2 amide bonds. The molecule has 1 fully saturated rings. The van der Waals surface area contributed by atoms with Crippen molar-refractivity contribution < 1.29 is 14.7 Å². The number of imidazole rings is 1. The first kappa shape index (κ1) is 15.3. The molecule has 0 aromatic carbocycles. The fraction of sp³-hybridized carbons (Fsp3) is 0.643. The predicted molar refractivity (Wildman–Crippen MR) is 77.1 cm³/mol. The topological polar surface area (TPSA) is 87.5 Å². The van der Waals surface area contributed by atoms with Gasteiger partial charge in [0.2, 0.25) is 0 Å². The number of nitrogens with zero attached hydrogens (tertiary/aromatic N) is 3. The molecule has 116 valence electrons. The Kier molecular flexibility index (Phi) is 5.19. The maximum atomic E-state index is 12.0. The van der Waals surface area contributed by atoms with E-state index < -0.39 is 5.97 Å². The lowest BCUT2D eigenvalue weighted by atomic mass is 10.1. The van der Waals surface area contributed by atoms with E-state index in [1.807, 2.05) is 6.20 Å². The van der Waals surface area contributed by atoms with E-state index in [1.165, 1.54) is 0 Å². The fourth-order valence-electron chi connectivity index (χ4n) is 2.70. The standard InChI is InChI=1S/C14H22N4O3/c1-2-12-15-7-9-18(12)11-4-3-8-17(10-11)14(21)16-6-5-13(19)20/h7,9,11H,2-6,8,10H2,1H3,(H,16,21)(H,19,20). The molecule has 1 aromatic heterocycles. The maximum Gasteiger partial charge on any atom is 0.317 e. The summed E-state index contributed by atoms with van der Waals surface area (Å²) in [6, 6.07) is 0.0699. The molecule has 1 saturated heterocycles. The zero-order valence-electron chi connectivity index (χ0n) is 12.3. The number of likely N-dealkylation sites (tertiary alicyclic amines) is 1.